The number of Topliss-reactive ketones (excluding diaryl/α,β-unsaturated/α-hetero) is 1. The lowest BCUT2D eigenvalue weighted by Crippen LogP contribution is -2.52. The van der Waals surface area contributed by atoms with Gasteiger partial charge in [-0.2, -0.15) is 0 Å². The third-order valence-electron chi connectivity index (χ3n) is 4.14. The van der Waals surface area contributed by atoms with Gasteiger partial charge in [0.15, 0.2) is 5.78 Å². The highest BCUT2D eigenvalue weighted by Crippen LogP contribution is 2.21. The summed E-state index contributed by atoms with van der Waals surface area (Å²) < 4.78 is 0. The molecule has 1 amide bonds. The van der Waals surface area contributed by atoms with Crippen LogP contribution in [0.2, 0.25) is 0 Å². The van der Waals surface area contributed by atoms with Gasteiger partial charge in [-0.3, -0.25) is 14.5 Å². The molecule has 0 bridgehead atoms. The lowest BCUT2D eigenvalue weighted by molar-refractivity contribution is -0.129. The lowest BCUT2D eigenvalue weighted by Gasteiger charge is -2.37. The van der Waals surface area contributed by atoms with Crippen LogP contribution in [0.3, 0.4) is 0 Å². The highest BCUT2D eigenvalue weighted by atomic mass is 16.2. The Morgan fingerprint density at radius 1 is 1.40 bits per heavy atom. The summed E-state index contributed by atoms with van der Waals surface area (Å²) >= 11 is 0. The molecule has 0 spiro atoms. The van der Waals surface area contributed by atoms with E-state index in [0.717, 1.165) is 19.4 Å². The van der Waals surface area contributed by atoms with Crippen LogP contribution in [0, 0.1) is 11.8 Å². The van der Waals surface area contributed by atoms with Gasteiger partial charge in [-0.25, -0.2) is 0 Å². The van der Waals surface area contributed by atoms with E-state index >= 15 is 0 Å². The van der Waals surface area contributed by atoms with Gasteiger partial charge in [-0.1, -0.05) is 20.8 Å². The molecule has 3 N–H and O–H groups in total. The van der Waals surface area contributed by atoms with Gasteiger partial charge in [-0.15, -0.1) is 0 Å². The molecular weight excluding hydrogens is 254 g/mol. The molecule has 1 heterocycles. The molecular formula is C15H29N3O2. The Bertz CT molecular complexity index is 344. The van der Waals surface area contributed by atoms with Gasteiger partial charge in [-0.05, 0) is 38.1 Å². The van der Waals surface area contributed by atoms with E-state index in [0.29, 0.717) is 19.0 Å². The van der Waals surface area contributed by atoms with E-state index in [4.69, 9.17) is 5.73 Å². The first-order valence-corrected chi connectivity index (χ1v) is 7.59. The van der Waals surface area contributed by atoms with Crippen molar-refractivity contribution in [1.29, 1.82) is 0 Å². The van der Waals surface area contributed by atoms with E-state index in [1.54, 1.807) is 0 Å². The number of rotatable bonds is 6. The van der Waals surface area contributed by atoms with Gasteiger partial charge in [0.1, 0.15) is 0 Å². The van der Waals surface area contributed by atoms with E-state index in [1.165, 1.54) is 6.92 Å². The molecule has 1 saturated heterocycles. The number of hydrogen-bond acceptors (Lipinski definition) is 4. The van der Waals surface area contributed by atoms with Crippen molar-refractivity contribution in [1.82, 2.24) is 10.2 Å². The van der Waals surface area contributed by atoms with Crippen molar-refractivity contribution in [3.63, 3.8) is 0 Å². The molecule has 0 aliphatic carbocycles. The second-order valence-electron chi connectivity index (χ2n) is 6.39. The molecule has 3 atom stereocenters. The van der Waals surface area contributed by atoms with Gasteiger partial charge in [0.05, 0.1) is 12.6 Å². The third kappa shape index (κ3) is 4.87. The molecule has 0 aromatic carbocycles. The first-order valence-electron chi connectivity index (χ1n) is 7.59. The molecule has 0 radical (unpaired) electrons. The normalized spacial score (nSPS) is 25.5. The fourth-order valence-corrected chi connectivity index (χ4v) is 2.89. The fraction of sp³-hybridized carbons (Fsp3) is 0.867. The molecule has 1 aliphatic heterocycles. The molecule has 1 rings (SSSR count). The number of ketones is 1. The number of carbonyl (C=O) groups is 2. The SMILES string of the molecule is CC(=O)C(NC(=O)CN1CCC(C)CC1CN)C(C)C. The number of nitrogens with one attached hydrogen (secondary N) is 1. The smallest absolute Gasteiger partial charge is 0.234 e. The average molecular weight is 283 g/mol. The van der Waals surface area contributed by atoms with E-state index in [9.17, 15) is 9.59 Å². The summed E-state index contributed by atoms with van der Waals surface area (Å²) in [6.07, 6.45) is 2.15. The molecule has 1 aliphatic rings. The minimum Gasteiger partial charge on any atom is -0.345 e. The predicted octanol–water partition coefficient (Wildman–Crippen LogP) is 0.775. The quantitative estimate of drug-likeness (QED) is 0.755. The highest BCUT2D eigenvalue weighted by Gasteiger charge is 2.28. The third-order valence-corrected chi connectivity index (χ3v) is 4.14. The zero-order valence-corrected chi connectivity index (χ0v) is 13.2. The van der Waals surface area contributed by atoms with Crippen LogP contribution in [0.5, 0.6) is 0 Å². The molecule has 5 nitrogen and oxygen atoms in total. The number of nitrogens with two attached hydrogens (primary N) is 1. The summed E-state index contributed by atoms with van der Waals surface area (Å²) in [5.41, 5.74) is 5.80. The first-order chi connectivity index (χ1) is 9.35. The molecule has 116 valence electrons. The van der Waals surface area contributed by atoms with E-state index in [1.807, 2.05) is 13.8 Å². The molecule has 3 unspecified atom stereocenters. The predicted molar refractivity (Wildman–Crippen MR) is 80.3 cm³/mol. The largest absolute Gasteiger partial charge is 0.345 e. The summed E-state index contributed by atoms with van der Waals surface area (Å²) in [4.78, 5) is 25.8. The van der Waals surface area contributed by atoms with Crippen LogP contribution in [-0.2, 0) is 9.59 Å². The number of piperidine rings is 1. The molecule has 1 fully saturated rings. The van der Waals surface area contributed by atoms with E-state index in [2.05, 4.69) is 17.1 Å². The maximum absolute atomic E-state index is 12.1. The molecule has 5 heteroatoms. The second-order valence-corrected chi connectivity index (χ2v) is 6.39. The number of amides is 1. The number of carbonyl (C=O) groups excluding carboxylic acids is 2. The summed E-state index contributed by atoms with van der Waals surface area (Å²) in [6.45, 7) is 9.46. The monoisotopic (exact) mass is 283 g/mol. The molecule has 0 saturated carbocycles. The Balaban J connectivity index is 2.54. The zero-order chi connectivity index (χ0) is 15.3. The first kappa shape index (κ1) is 17.1. The van der Waals surface area contributed by atoms with Crippen LogP contribution in [0.1, 0.15) is 40.5 Å². The minimum atomic E-state index is -0.387. The Labute approximate surface area is 122 Å². The average Bonchev–Trinajstić information content (AvgIpc) is 2.37. The van der Waals surface area contributed by atoms with Crippen molar-refractivity contribution < 1.29 is 9.59 Å². The number of hydrogen-bond donors (Lipinski definition) is 2. The maximum Gasteiger partial charge on any atom is 0.234 e. The lowest BCUT2D eigenvalue weighted by atomic mass is 9.92. The fourth-order valence-electron chi connectivity index (χ4n) is 2.89. The van der Waals surface area contributed by atoms with Gasteiger partial charge in [0, 0.05) is 12.6 Å². The van der Waals surface area contributed by atoms with Gasteiger partial charge < -0.3 is 11.1 Å². The van der Waals surface area contributed by atoms with Crippen LogP contribution in [-0.4, -0.2) is 48.3 Å². The van der Waals surface area contributed by atoms with Crippen LogP contribution in [0.15, 0.2) is 0 Å². The van der Waals surface area contributed by atoms with Crippen molar-refractivity contribution in [2.45, 2.75) is 52.6 Å². The molecule has 20 heavy (non-hydrogen) atoms. The number of nitrogens with zero attached hydrogens (tertiary/aromatic N) is 1. The minimum absolute atomic E-state index is 0.0102. The van der Waals surface area contributed by atoms with E-state index < -0.39 is 0 Å². The summed E-state index contributed by atoms with van der Waals surface area (Å²) in [7, 11) is 0. The van der Waals surface area contributed by atoms with Crippen LogP contribution in [0.4, 0.5) is 0 Å². The Hall–Kier alpha value is -0.940. The van der Waals surface area contributed by atoms with Crippen molar-refractivity contribution in [3.8, 4) is 0 Å². The number of likely N-dealkylation sites (tertiary alicyclic amines) is 1. The van der Waals surface area contributed by atoms with Gasteiger partial charge in [0.25, 0.3) is 0 Å². The zero-order valence-electron chi connectivity index (χ0n) is 13.2. The van der Waals surface area contributed by atoms with Crippen molar-refractivity contribution in [3.05, 3.63) is 0 Å². The topological polar surface area (TPSA) is 75.4 Å². The Morgan fingerprint density at radius 2 is 2.05 bits per heavy atom. The standard InChI is InChI=1S/C15H29N3O2/c1-10(2)15(12(4)19)17-14(20)9-18-6-5-11(3)7-13(18)8-16/h10-11,13,15H,5-9,16H2,1-4H3,(H,17,20). The van der Waals surface area contributed by atoms with Crippen molar-refractivity contribution in [2.75, 3.05) is 19.6 Å². The second kappa shape index (κ2) is 7.74. The summed E-state index contributed by atoms with van der Waals surface area (Å²) in [5.74, 6) is 0.717. The maximum atomic E-state index is 12.1. The Morgan fingerprint density at radius 3 is 2.55 bits per heavy atom. The summed E-state index contributed by atoms with van der Waals surface area (Å²) in [5, 5.41) is 2.85. The van der Waals surface area contributed by atoms with Crippen molar-refractivity contribution in [2.24, 2.45) is 17.6 Å². The summed E-state index contributed by atoms with van der Waals surface area (Å²) in [6, 6.07) is -0.109. The van der Waals surface area contributed by atoms with Crippen molar-refractivity contribution >= 4 is 11.7 Å². The van der Waals surface area contributed by atoms with Crippen LogP contribution >= 0.6 is 0 Å². The van der Waals surface area contributed by atoms with Crippen LogP contribution < -0.4 is 11.1 Å². The Kier molecular flexibility index (Phi) is 6.62. The van der Waals surface area contributed by atoms with Crippen LogP contribution in [0.25, 0.3) is 0 Å². The highest BCUT2D eigenvalue weighted by molar-refractivity contribution is 5.88. The van der Waals surface area contributed by atoms with Gasteiger partial charge in [0.2, 0.25) is 5.91 Å². The molecule has 0 aromatic rings. The molecule has 0 aromatic heterocycles. The van der Waals surface area contributed by atoms with Gasteiger partial charge >= 0.3 is 0 Å². The van der Waals surface area contributed by atoms with E-state index in [-0.39, 0.29) is 29.7 Å².